The van der Waals surface area contributed by atoms with E-state index in [4.69, 9.17) is 31.3 Å². The molecule has 80 valence electrons. The van der Waals surface area contributed by atoms with Crippen molar-refractivity contribution in [2.24, 2.45) is 5.73 Å². The standard InChI is InChI=1S/C6H13NO6.Na.H/c7-1-2(8)3(9)4(10)5(11)6(12)13;;/h2-5,8-11H,1,7H2,(H,12,13);;/t2-,3-,4+,5-;;/m1../s1. The first-order valence-electron chi connectivity index (χ1n) is 3.57. The van der Waals surface area contributed by atoms with Crippen LogP contribution < -0.4 is 5.73 Å². The summed E-state index contributed by atoms with van der Waals surface area (Å²) >= 11 is 0. The molecular weight excluding hydrogens is 205 g/mol. The molecule has 0 heterocycles. The summed E-state index contributed by atoms with van der Waals surface area (Å²) in [5.74, 6) is -1.68. The van der Waals surface area contributed by atoms with Crippen LogP contribution >= 0.6 is 0 Å². The maximum atomic E-state index is 10.1. The molecule has 0 saturated heterocycles. The first-order valence-corrected chi connectivity index (χ1v) is 3.57. The molecule has 8 heteroatoms. The fourth-order valence-corrected chi connectivity index (χ4v) is 0.700. The number of aliphatic carboxylic acids is 1. The molecule has 0 aromatic heterocycles. The number of nitrogens with two attached hydrogens (primary N) is 1. The third-order valence-corrected chi connectivity index (χ3v) is 1.56. The van der Waals surface area contributed by atoms with Crippen molar-refractivity contribution in [3.05, 3.63) is 0 Å². The molecule has 0 aromatic carbocycles. The predicted molar refractivity (Wildman–Crippen MR) is 47.9 cm³/mol. The number of carbonyl (C=O) groups is 1. The average molecular weight is 219 g/mol. The van der Waals surface area contributed by atoms with Gasteiger partial charge < -0.3 is 31.3 Å². The molecule has 14 heavy (non-hydrogen) atoms. The van der Waals surface area contributed by atoms with Gasteiger partial charge in [-0.2, -0.15) is 0 Å². The Morgan fingerprint density at radius 1 is 1.14 bits per heavy atom. The van der Waals surface area contributed by atoms with E-state index in [1.165, 1.54) is 0 Å². The monoisotopic (exact) mass is 219 g/mol. The molecule has 0 saturated carbocycles. The van der Waals surface area contributed by atoms with Crippen molar-refractivity contribution < 1.29 is 30.3 Å². The Morgan fingerprint density at radius 3 is 1.86 bits per heavy atom. The summed E-state index contributed by atoms with van der Waals surface area (Å²) in [6.07, 6.45) is -7.35. The van der Waals surface area contributed by atoms with E-state index in [1.807, 2.05) is 0 Å². The molecule has 0 unspecified atom stereocenters. The first kappa shape index (κ1) is 16.7. The van der Waals surface area contributed by atoms with Crippen LogP contribution in [-0.4, -0.2) is 92.0 Å². The van der Waals surface area contributed by atoms with Crippen molar-refractivity contribution in [1.29, 1.82) is 0 Å². The van der Waals surface area contributed by atoms with Crippen LogP contribution in [0.1, 0.15) is 0 Å². The van der Waals surface area contributed by atoms with Gasteiger partial charge in [0.05, 0.1) is 6.10 Å². The molecule has 0 spiro atoms. The zero-order valence-electron chi connectivity index (χ0n) is 6.74. The number of hydrogen-bond acceptors (Lipinski definition) is 6. The van der Waals surface area contributed by atoms with Gasteiger partial charge in [0, 0.05) is 6.54 Å². The Labute approximate surface area is 102 Å². The van der Waals surface area contributed by atoms with E-state index < -0.39 is 30.4 Å². The van der Waals surface area contributed by atoms with Crippen LogP contribution in [0, 0.1) is 0 Å². The minimum absolute atomic E-state index is 0. The van der Waals surface area contributed by atoms with Crippen molar-refractivity contribution in [3.8, 4) is 0 Å². The zero-order valence-corrected chi connectivity index (χ0v) is 6.74. The molecule has 0 fully saturated rings. The van der Waals surface area contributed by atoms with Gasteiger partial charge in [0.1, 0.15) is 12.2 Å². The Morgan fingerprint density at radius 2 is 1.57 bits per heavy atom. The van der Waals surface area contributed by atoms with Gasteiger partial charge in [0.25, 0.3) is 0 Å². The number of aliphatic hydroxyl groups excluding tert-OH is 4. The molecular formula is C6H14NNaO6. The predicted octanol–water partition coefficient (Wildman–Crippen LogP) is -4.18. The Hall–Kier alpha value is 0.270. The van der Waals surface area contributed by atoms with Crippen molar-refractivity contribution in [1.82, 2.24) is 0 Å². The Kier molecular flexibility index (Phi) is 9.00. The fraction of sp³-hybridized carbons (Fsp3) is 0.833. The molecule has 4 atom stereocenters. The van der Waals surface area contributed by atoms with Crippen LogP contribution in [0.25, 0.3) is 0 Å². The second-order valence-electron chi connectivity index (χ2n) is 2.57. The molecule has 0 aromatic rings. The molecule has 0 rings (SSSR count). The summed E-state index contributed by atoms with van der Waals surface area (Å²) < 4.78 is 0. The van der Waals surface area contributed by atoms with Crippen molar-refractivity contribution in [2.75, 3.05) is 6.54 Å². The van der Waals surface area contributed by atoms with Crippen molar-refractivity contribution >= 4 is 35.5 Å². The van der Waals surface area contributed by atoms with Crippen LogP contribution in [-0.2, 0) is 4.79 Å². The molecule has 0 aliphatic rings. The number of aliphatic hydroxyl groups is 4. The summed E-state index contributed by atoms with van der Waals surface area (Å²) in [5.41, 5.74) is 4.94. The van der Waals surface area contributed by atoms with Crippen molar-refractivity contribution in [2.45, 2.75) is 24.4 Å². The minimum atomic E-state index is -2.14. The zero-order chi connectivity index (χ0) is 10.6. The summed E-state index contributed by atoms with van der Waals surface area (Å²) in [5, 5.41) is 43.8. The van der Waals surface area contributed by atoms with E-state index in [0.29, 0.717) is 0 Å². The fourth-order valence-electron chi connectivity index (χ4n) is 0.700. The van der Waals surface area contributed by atoms with Gasteiger partial charge in [0.2, 0.25) is 0 Å². The van der Waals surface area contributed by atoms with Gasteiger partial charge in [-0.25, -0.2) is 4.79 Å². The van der Waals surface area contributed by atoms with E-state index in [-0.39, 0.29) is 36.1 Å². The van der Waals surface area contributed by atoms with E-state index in [9.17, 15) is 4.79 Å². The third-order valence-electron chi connectivity index (χ3n) is 1.56. The molecule has 0 amide bonds. The number of carboxylic acid groups (broad SMARTS) is 1. The second-order valence-corrected chi connectivity index (χ2v) is 2.57. The topological polar surface area (TPSA) is 144 Å². The summed E-state index contributed by atoms with van der Waals surface area (Å²) in [4.78, 5) is 10.1. The van der Waals surface area contributed by atoms with Gasteiger partial charge in [-0.15, -0.1) is 0 Å². The van der Waals surface area contributed by atoms with E-state index in [0.717, 1.165) is 0 Å². The van der Waals surface area contributed by atoms with Crippen LogP contribution in [0.15, 0.2) is 0 Å². The molecule has 0 radical (unpaired) electrons. The number of carboxylic acids is 1. The quantitative estimate of drug-likeness (QED) is 0.257. The average Bonchev–Trinajstić information content (AvgIpc) is 2.12. The summed E-state index contributed by atoms with van der Waals surface area (Å²) in [6.45, 7) is -0.343. The van der Waals surface area contributed by atoms with Crippen molar-refractivity contribution in [3.63, 3.8) is 0 Å². The van der Waals surface area contributed by atoms with Crippen LogP contribution in [0.5, 0.6) is 0 Å². The van der Waals surface area contributed by atoms with Gasteiger partial charge in [-0.05, 0) is 0 Å². The molecule has 7 nitrogen and oxygen atoms in total. The summed E-state index contributed by atoms with van der Waals surface area (Å²) in [6, 6.07) is 0. The van der Waals surface area contributed by atoms with Gasteiger partial charge in [0.15, 0.2) is 6.10 Å². The number of hydrogen-bond donors (Lipinski definition) is 6. The van der Waals surface area contributed by atoms with Crippen LogP contribution in [0.4, 0.5) is 0 Å². The molecule has 0 aliphatic heterocycles. The van der Waals surface area contributed by atoms with E-state index in [1.54, 1.807) is 0 Å². The SMILES string of the molecule is NC[C@@H](O)[C@@H](O)[C@H](O)[C@@H](O)C(=O)O.[NaH]. The van der Waals surface area contributed by atoms with E-state index in [2.05, 4.69) is 0 Å². The normalized spacial score (nSPS) is 18.9. The molecule has 0 aliphatic carbocycles. The van der Waals surface area contributed by atoms with Crippen LogP contribution in [0.2, 0.25) is 0 Å². The first-order chi connectivity index (χ1) is 5.91. The van der Waals surface area contributed by atoms with Gasteiger partial charge in [-0.3, -0.25) is 0 Å². The second kappa shape index (κ2) is 7.55. The Balaban J connectivity index is 0. The number of rotatable bonds is 5. The maximum absolute atomic E-state index is 10.1. The third kappa shape index (κ3) is 4.67. The molecule has 7 N–H and O–H groups in total. The Bertz CT molecular complexity index is 180. The van der Waals surface area contributed by atoms with Crippen LogP contribution in [0.3, 0.4) is 0 Å². The van der Waals surface area contributed by atoms with E-state index >= 15 is 0 Å². The van der Waals surface area contributed by atoms with Gasteiger partial charge in [-0.1, -0.05) is 0 Å². The van der Waals surface area contributed by atoms with Gasteiger partial charge >= 0.3 is 35.5 Å². The molecule has 0 bridgehead atoms. The summed E-state index contributed by atoms with van der Waals surface area (Å²) in [7, 11) is 0.